The van der Waals surface area contributed by atoms with Crippen molar-refractivity contribution in [2.75, 3.05) is 32.8 Å². The van der Waals surface area contributed by atoms with Crippen LogP contribution in [0.15, 0.2) is 0 Å². The monoisotopic (exact) mass is 326 g/mol. The van der Waals surface area contributed by atoms with Crippen LogP contribution >= 0.6 is 0 Å². The summed E-state index contributed by atoms with van der Waals surface area (Å²) in [6.45, 7) is 13.8. The van der Waals surface area contributed by atoms with Gasteiger partial charge < -0.3 is 20.1 Å². The summed E-state index contributed by atoms with van der Waals surface area (Å²) in [5.74, 6) is 1.28. The molecule has 0 bridgehead atoms. The first-order valence-corrected chi connectivity index (χ1v) is 9.65. The number of ether oxygens (including phenoxy) is 1. The van der Waals surface area contributed by atoms with Gasteiger partial charge in [0.25, 0.3) is 0 Å². The topological polar surface area (TPSA) is 44.7 Å². The van der Waals surface area contributed by atoms with Crippen molar-refractivity contribution in [3.8, 4) is 0 Å². The smallest absolute Gasteiger partial charge is 0.0743 e. The Balaban J connectivity index is 1.68. The molecule has 2 saturated heterocycles. The molecule has 4 unspecified atom stereocenters. The van der Waals surface area contributed by atoms with Crippen LogP contribution in [0.3, 0.4) is 0 Å². The third-order valence-electron chi connectivity index (χ3n) is 5.48. The van der Waals surface area contributed by atoms with Gasteiger partial charge in [-0.05, 0) is 57.4 Å². The minimum Gasteiger partial charge on any atom is -0.389 e. The second kappa shape index (κ2) is 8.80. The Bertz CT molecular complexity index is 340. The Labute approximate surface area is 143 Å². The molecule has 2 N–H and O–H groups in total. The Morgan fingerprint density at radius 3 is 2.74 bits per heavy atom. The van der Waals surface area contributed by atoms with Crippen molar-refractivity contribution in [2.24, 2.45) is 11.8 Å². The Morgan fingerprint density at radius 2 is 2.13 bits per heavy atom. The highest BCUT2D eigenvalue weighted by molar-refractivity contribution is 4.87. The van der Waals surface area contributed by atoms with Gasteiger partial charge in [0.15, 0.2) is 0 Å². The van der Waals surface area contributed by atoms with Crippen molar-refractivity contribution < 1.29 is 9.84 Å². The zero-order valence-electron chi connectivity index (χ0n) is 15.7. The van der Waals surface area contributed by atoms with Gasteiger partial charge in [-0.25, -0.2) is 0 Å². The largest absolute Gasteiger partial charge is 0.389 e. The lowest BCUT2D eigenvalue weighted by molar-refractivity contribution is 0.0284. The molecule has 2 aliphatic rings. The molecule has 0 spiro atoms. The summed E-state index contributed by atoms with van der Waals surface area (Å²) in [7, 11) is 0. The maximum absolute atomic E-state index is 10.5. The number of rotatable bonds is 8. The van der Waals surface area contributed by atoms with Gasteiger partial charge in [-0.1, -0.05) is 20.8 Å². The minimum atomic E-state index is -0.585. The molecule has 0 aromatic carbocycles. The first-order chi connectivity index (χ1) is 10.9. The van der Waals surface area contributed by atoms with Crippen LogP contribution in [0.2, 0.25) is 0 Å². The average molecular weight is 327 g/mol. The second-order valence-electron chi connectivity index (χ2n) is 8.58. The molecule has 2 heterocycles. The summed E-state index contributed by atoms with van der Waals surface area (Å²) in [5, 5.41) is 14.2. The summed E-state index contributed by atoms with van der Waals surface area (Å²) >= 11 is 0. The Kier molecular flexibility index (Phi) is 7.33. The van der Waals surface area contributed by atoms with Crippen LogP contribution in [0, 0.1) is 11.8 Å². The van der Waals surface area contributed by atoms with E-state index in [-0.39, 0.29) is 0 Å². The third kappa shape index (κ3) is 6.69. The van der Waals surface area contributed by atoms with E-state index >= 15 is 0 Å². The van der Waals surface area contributed by atoms with E-state index in [0.29, 0.717) is 30.5 Å². The van der Waals surface area contributed by atoms with E-state index in [1.54, 1.807) is 0 Å². The summed E-state index contributed by atoms with van der Waals surface area (Å²) < 4.78 is 5.77. The highest BCUT2D eigenvalue weighted by atomic mass is 16.5. The van der Waals surface area contributed by atoms with Crippen LogP contribution in [0.4, 0.5) is 0 Å². The maximum Gasteiger partial charge on any atom is 0.0743 e. The van der Waals surface area contributed by atoms with Crippen LogP contribution in [-0.4, -0.2) is 60.5 Å². The molecular weight excluding hydrogens is 288 g/mol. The zero-order valence-corrected chi connectivity index (χ0v) is 15.7. The highest BCUT2D eigenvalue weighted by Gasteiger charge is 2.30. The summed E-state index contributed by atoms with van der Waals surface area (Å²) in [5.41, 5.74) is -0.585. The molecule has 0 aromatic rings. The summed E-state index contributed by atoms with van der Waals surface area (Å²) in [6.07, 6.45) is 6.06. The van der Waals surface area contributed by atoms with Crippen molar-refractivity contribution in [1.29, 1.82) is 0 Å². The van der Waals surface area contributed by atoms with Gasteiger partial charge in [0.05, 0.1) is 11.7 Å². The molecule has 4 heteroatoms. The normalized spacial score (nSPS) is 32.3. The molecule has 0 aliphatic carbocycles. The average Bonchev–Trinajstić information content (AvgIpc) is 2.97. The molecule has 0 amide bonds. The zero-order chi connectivity index (χ0) is 16.9. The molecule has 0 aromatic heterocycles. The molecule has 2 aliphatic heterocycles. The van der Waals surface area contributed by atoms with Crippen molar-refractivity contribution in [1.82, 2.24) is 10.2 Å². The molecule has 4 atom stereocenters. The highest BCUT2D eigenvalue weighted by Crippen LogP contribution is 2.22. The first-order valence-electron chi connectivity index (χ1n) is 9.65. The van der Waals surface area contributed by atoms with Gasteiger partial charge >= 0.3 is 0 Å². The predicted octanol–water partition coefficient (Wildman–Crippen LogP) is 2.65. The molecular formula is C19H38N2O2. The Morgan fingerprint density at radius 1 is 1.35 bits per heavy atom. The number of piperidine rings is 1. The quantitative estimate of drug-likeness (QED) is 0.720. The van der Waals surface area contributed by atoms with E-state index < -0.39 is 5.60 Å². The van der Waals surface area contributed by atoms with Crippen molar-refractivity contribution in [3.63, 3.8) is 0 Å². The number of nitrogens with zero attached hydrogens (tertiary/aromatic N) is 1. The number of nitrogens with one attached hydrogen (secondary N) is 1. The van der Waals surface area contributed by atoms with Gasteiger partial charge in [-0.3, -0.25) is 0 Å². The van der Waals surface area contributed by atoms with E-state index in [1.165, 1.54) is 19.3 Å². The standard InChI is InChI=1S/C19H38N2O2/c1-15(2)7-9-19(4,22)14-20-18-8-10-21(12-16(18)3)13-17-6-5-11-23-17/h15-18,20,22H,5-14H2,1-4H3. The fourth-order valence-electron chi connectivity index (χ4n) is 3.82. The van der Waals surface area contributed by atoms with Gasteiger partial charge in [0.2, 0.25) is 0 Å². The lowest BCUT2D eigenvalue weighted by Crippen LogP contribution is -2.52. The van der Waals surface area contributed by atoms with Crippen LogP contribution in [0.5, 0.6) is 0 Å². The number of aliphatic hydroxyl groups is 1. The minimum absolute atomic E-state index is 0.462. The van der Waals surface area contributed by atoms with Crippen LogP contribution in [0.1, 0.15) is 59.8 Å². The first kappa shape index (κ1) is 19.2. The van der Waals surface area contributed by atoms with Crippen LogP contribution < -0.4 is 5.32 Å². The van der Waals surface area contributed by atoms with Gasteiger partial charge in [-0.15, -0.1) is 0 Å². The maximum atomic E-state index is 10.5. The fraction of sp³-hybridized carbons (Fsp3) is 1.00. The molecule has 136 valence electrons. The number of hydrogen-bond acceptors (Lipinski definition) is 4. The SMILES string of the molecule is CC(C)CCC(C)(O)CNC1CCN(CC2CCCO2)CC1C. The lowest BCUT2D eigenvalue weighted by atomic mass is 9.91. The summed E-state index contributed by atoms with van der Waals surface area (Å²) in [4.78, 5) is 2.57. The third-order valence-corrected chi connectivity index (χ3v) is 5.48. The van der Waals surface area contributed by atoms with E-state index in [2.05, 4.69) is 31.0 Å². The molecule has 0 saturated carbocycles. The van der Waals surface area contributed by atoms with Crippen molar-refractivity contribution in [3.05, 3.63) is 0 Å². The molecule has 23 heavy (non-hydrogen) atoms. The molecule has 4 nitrogen and oxygen atoms in total. The van der Waals surface area contributed by atoms with Gasteiger partial charge in [-0.2, -0.15) is 0 Å². The molecule has 2 fully saturated rings. The van der Waals surface area contributed by atoms with Gasteiger partial charge in [0.1, 0.15) is 0 Å². The molecule has 0 radical (unpaired) electrons. The van der Waals surface area contributed by atoms with E-state index in [4.69, 9.17) is 4.74 Å². The second-order valence-corrected chi connectivity index (χ2v) is 8.58. The summed E-state index contributed by atoms with van der Waals surface area (Å²) in [6, 6.07) is 0.529. The van der Waals surface area contributed by atoms with Gasteiger partial charge in [0, 0.05) is 32.3 Å². The predicted molar refractivity (Wildman–Crippen MR) is 95.7 cm³/mol. The molecule has 2 rings (SSSR count). The van der Waals surface area contributed by atoms with E-state index in [9.17, 15) is 5.11 Å². The van der Waals surface area contributed by atoms with E-state index in [1.807, 2.05) is 6.92 Å². The number of hydrogen-bond donors (Lipinski definition) is 2. The fourth-order valence-corrected chi connectivity index (χ4v) is 3.82. The Hall–Kier alpha value is -0.160. The van der Waals surface area contributed by atoms with Crippen molar-refractivity contribution >= 4 is 0 Å². The van der Waals surface area contributed by atoms with Crippen LogP contribution in [-0.2, 0) is 4.74 Å². The lowest BCUT2D eigenvalue weighted by Gasteiger charge is -2.39. The van der Waals surface area contributed by atoms with Crippen LogP contribution in [0.25, 0.3) is 0 Å². The number of likely N-dealkylation sites (tertiary alicyclic amines) is 1. The van der Waals surface area contributed by atoms with Crippen molar-refractivity contribution in [2.45, 2.75) is 77.5 Å². The van der Waals surface area contributed by atoms with E-state index in [0.717, 1.165) is 39.1 Å².